The van der Waals surface area contributed by atoms with Crippen molar-refractivity contribution in [3.63, 3.8) is 0 Å². The van der Waals surface area contributed by atoms with Gasteiger partial charge < -0.3 is 24.4 Å². The number of hydrogen-bond donors (Lipinski definition) is 2. The summed E-state index contributed by atoms with van der Waals surface area (Å²) in [5.41, 5.74) is 2.04. The molecule has 0 saturated carbocycles. The summed E-state index contributed by atoms with van der Waals surface area (Å²) < 4.78 is 17.2. The van der Waals surface area contributed by atoms with Gasteiger partial charge in [-0.3, -0.25) is 0 Å². The standard InChI is InChI=1S/C25H26O5/c1-28-25(27)23(26)17-22(30-25)18-29-24(19-11-5-2-6-12-19,20-13-7-3-8-14-20)21-15-9-4-10-16-21/h2-16,22-23,26-27H,17-18H2,1H3/t22-,23+,25+/m0/s1. The molecule has 0 aliphatic carbocycles. The van der Waals surface area contributed by atoms with Gasteiger partial charge in [0.25, 0.3) is 0 Å². The van der Waals surface area contributed by atoms with E-state index in [1.807, 2.05) is 91.0 Å². The van der Waals surface area contributed by atoms with Gasteiger partial charge in [0, 0.05) is 13.5 Å². The zero-order chi connectivity index (χ0) is 21.0. The van der Waals surface area contributed by atoms with Crippen LogP contribution < -0.4 is 0 Å². The molecule has 0 aromatic heterocycles. The molecule has 1 aliphatic heterocycles. The molecule has 156 valence electrons. The molecule has 3 atom stereocenters. The molecule has 5 nitrogen and oxygen atoms in total. The van der Waals surface area contributed by atoms with E-state index >= 15 is 0 Å². The van der Waals surface area contributed by atoms with Gasteiger partial charge in [-0.15, -0.1) is 0 Å². The topological polar surface area (TPSA) is 68.2 Å². The van der Waals surface area contributed by atoms with Crippen LogP contribution in [0, 0.1) is 0 Å². The molecule has 1 fully saturated rings. The molecule has 1 aliphatic rings. The first kappa shape index (κ1) is 20.7. The maximum Gasteiger partial charge on any atom is 0.308 e. The van der Waals surface area contributed by atoms with Crippen molar-refractivity contribution in [2.75, 3.05) is 13.7 Å². The second-order valence-electron chi connectivity index (χ2n) is 7.42. The van der Waals surface area contributed by atoms with Crippen LogP contribution in [0.2, 0.25) is 0 Å². The Bertz CT molecular complexity index is 835. The third-order valence-corrected chi connectivity index (χ3v) is 5.56. The van der Waals surface area contributed by atoms with E-state index in [0.717, 1.165) is 16.7 Å². The molecular weight excluding hydrogens is 380 g/mol. The van der Waals surface area contributed by atoms with Crippen molar-refractivity contribution in [1.82, 2.24) is 0 Å². The molecule has 5 heteroatoms. The Kier molecular flexibility index (Phi) is 5.99. The quantitative estimate of drug-likeness (QED) is 0.465. The van der Waals surface area contributed by atoms with Gasteiger partial charge in [0.05, 0.1) is 12.7 Å². The van der Waals surface area contributed by atoms with Crippen LogP contribution in [0.5, 0.6) is 0 Å². The average Bonchev–Trinajstić information content (AvgIpc) is 3.10. The normalized spacial score (nSPS) is 24.1. The number of benzene rings is 3. The summed E-state index contributed by atoms with van der Waals surface area (Å²) in [7, 11) is 1.30. The Morgan fingerprint density at radius 3 is 1.67 bits per heavy atom. The molecule has 0 unspecified atom stereocenters. The highest BCUT2D eigenvalue weighted by molar-refractivity contribution is 5.47. The van der Waals surface area contributed by atoms with E-state index in [1.54, 1.807) is 0 Å². The number of aliphatic hydroxyl groups excluding tert-OH is 1. The van der Waals surface area contributed by atoms with Crippen LogP contribution in [-0.4, -0.2) is 42.1 Å². The van der Waals surface area contributed by atoms with Crippen LogP contribution in [0.3, 0.4) is 0 Å². The van der Waals surface area contributed by atoms with Crippen molar-refractivity contribution in [3.8, 4) is 0 Å². The first-order valence-corrected chi connectivity index (χ1v) is 10.0. The number of hydrogen-bond acceptors (Lipinski definition) is 5. The van der Waals surface area contributed by atoms with Gasteiger partial charge >= 0.3 is 5.97 Å². The highest BCUT2D eigenvalue weighted by atomic mass is 16.8. The summed E-state index contributed by atoms with van der Waals surface area (Å²) in [6.45, 7) is 0.154. The third kappa shape index (κ3) is 3.78. The predicted molar refractivity (Wildman–Crippen MR) is 113 cm³/mol. The summed E-state index contributed by atoms with van der Waals surface area (Å²) in [6.07, 6.45) is -1.46. The fourth-order valence-corrected chi connectivity index (χ4v) is 4.04. The van der Waals surface area contributed by atoms with Crippen molar-refractivity contribution in [3.05, 3.63) is 108 Å². The molecule has 1 heterocycles. The number of methoxy groups -OCH3 is 1. The van der Waals surface area contributed by atoms with Crippen molar-refractivity contribution in [2.24, 2.45) is 0 Å². The van der Waals surface area contributed by atoms with Gasteiger partial charge in [0.1, 0.15) is 11.7 Å². The Labute approximate surface area is 176 Å². The lowest BCUT2D eigenvalue weighted by Crippen LogP contribution is -2.41. The van der Waals surface area contributed by atoms with Gasteiger partial charge in [-0.1, -0.05) is 91.0 Å². The lowest BCUT2D eigenvalue weighted by atomic mass is 9.80. The highest BCUT2D eigenvalue weighted by Gasteiger charge is 2.49. The Balaban J connectivity index is 1.76. The fourth-order valence-electron chi connectivity index (χ4n) is 4.04. The van der Waals surface area contributed by atoms with E-state index in [2.05, 4.69) is 0 Å². The molecule has 2 N–H and O–H groups in total. The molecule has 0 amide bonds. The van der Waals surface area contributed by atoms with E-state index in [4.69, 9.17) is 14.2 Å². The van der Waals surface area contributed by atoms with Crippen LogP contribution in [0.15, 0.2) is 91.0 Å². The number of rotatable bonds is 7. The second kappa shape index (κ2) is 8.68. The van der Waals surface area contributed by atoms with Gasteiger partial charge in [-0.25, -0.2) is 0 Å². The summed E-state index contributed by atoms with van der Waals surface area (Å²) >= 11 is 0. The van der Waals surface area contributed by atoms with Crippen molar-refractivity contribution in [1.29, 1.82) is 0 Å². The number of ether oxygens (including phenoxy) is 3. The molecule has 3 aromatic rings. The molecule has 0 bridgehead atoms. The SMILES string of the molecule is CO[C@@]1(O)O[C@H](COC(c2ccccc2)(c2ccccc2)c2ccccc2)C[C@H]1O. The molecule has 0 spiro atoms. The molecule has 3 aromatic carbocycles. The van der Waals surface area contributed by atoms with Gasteiger partial charge in [-0.2, -0.15) is 0 Å². The Morgan fingerprint density at radius 2 is 1.30 bits per heavy atom. The van der Waals surface area contributed by atoms with E-state index < -0.39 is 23.8 Å². The van der Waals surface area contributed by atoms with Crippen LogP contribution in [-0.2, 0) is 19.8 Å². The van der Waals surface area contributed by atoms with Crippen molar-refractivity contribution in [2.45, 2.75) is 30.2 Å². The molecule has 30 heavy (non-hydrogen) atoms. The van der Waals surface area contributed by atoms with E-state index in [9.17, 15) is 10.2 Å². The fraction of sp³-hybridized carbons (Fsp3) is 0.280. The molecule has 1 saturated heterocycles. The Hall–Kier alpha value is -2.54. The van der Waals surface area contributed by atoms with Crippen LogP contribution >= 0.6 is 0 Å². The number of aliphatic hydroxyl groups is 2. The Morgan fingerprint density at radius 1 is 0.867 bits per heavy atom. The van der Waals surface area contributed by atoms with Crippen molar-refractivity contribution >= 4 is 0 Å². The summed E-state index contributed by atoms with van der Waals surface area (Å²) in [5.74, 6) is -2.01. The van der Waals surface area contributed by atoms with Gasteiger partial charge in [-0.05, 0) is 16.7 Å². The van der Waals surface area contributed by atoms with Gasteiger partial charge in [0.15, 0.2) is 0 Å². The largest absolute Gasteiger partial charge is 0.385 e. The smallest absolute Gasteiger partial charge is 0.308 e. The predicted octanol–water partition coefficient (Wildman–Crippen LogP) is 3.44. The minimum Gasteiger partial charge on any atom is -0.385 e. The summed E-state index contributed by atoms with van der Waals surface area (Å²) in [4.78, 5) is 0. The monoisotopic (exact) mass is 406 g/mol. The van der Waals surface area contributed by atoms with Crippen LogP contribution in [0.1, 0.15) is 23.1 Å². The van der Waals surface area contributed by atoms with E-state index in [-0.39, 0.29) is 13.0 Å². The maximum atomic E-state index is 10.3. The minimum atomic E-state index is -2.01. The molecular formula is C25H26O5. The highest BCUT2D eigenvalue weighted by Crippen LogP contribution is 2.41. The lowest BCUT2D eigenvalue weighted by molar-refractivity contribution is -0.367. The van der Waals surface area contributed by atoms with Crippen LogP contribution in [0.4, 0.5) is 0 Å². The zero-order valence-corrected chi connectivity index (χ0v) is 16.8. The first-order chi connectivity index (χ1) is 14.6. The van der Waals surface area contributed by atoms with Gasteiger partial charge in [0.2, 0.25) is 0 Å². The average molecular weight is 406 g/mol. The summed E-state index contributed by atoms with van der Waals surface area (Å²) in [5, 5.41) is 20.4. The molecule has 0 radical (unpaired) electrons. The zero-order valence-electron chi connectivity index (χ0n) is 16.8. The second-order valence-corrected chi connectivity index (χ2v) is 7.42. The third-order valence-electron chi connectivity index (χ3n) is 5.56. The van der Waals surface area contributed by atoms with Crippen molar-refractivity contribution < 1.29 is 24.4 Å². The maximum absolute atomic E-state index is 10.3. The van der Waals surface area contributed by atoms with E-state index in [0.29, 0.717) is 0 Å². The van der Waals surface area contributed by atoms with Crippen LogP contribution in [0.25, 0.3) is 0 Å². The minimum absolute atomic E-state index is 0.154. The summed E-state index contributed by atoms with van der Waals surface area (Å²) in [6, 6.07) is 30.0. The first-order valence-electron chi connectivity index (χ1n) is 10.0. The van der Waals surface area contributed by atoms with E-state index in [1.165, 1.54) is 7.11 Å². The lowest BCUT2D eigenvalue weighted by Gasteiger charge is -2.36. The molecule has 4 rings (SSSR count).